The summed E-state index contributed by atoms with van der Waals surface area (Å²) in [7, 11) is 0. The van der Waals surface area contributed by atoms with Gasteiger partial charge in [-0.05, 0) is 18.3 Å². The van der Waals surface area contributed by atoms with Gasteiger partial charge in [-0.2, -0.15) is 0 Å². The van der Waals surface area contributed by atoms with Crippen molar-refractivity contribution in [2.75, 3.05) is 0 Å². The smallest absolute Gasteiger partial charge is 0.0657 e. The Hall–Kier alpha value is -0.530. The molecule has 0 saturated carbocycles. The topological polar surface area (TPSA) is 32.6 Å². The second-order valence-corrected chi connectivity index (χ2v) is 4.67. The van der Waals surface area contributed by atoms with E-state index in [1.807, 2.05) is 0 Å². The van der Waals surface area contributed by atoms with Gasteiger partial charge in [-0.1, -0.05) is 46.7 Å². The average Bonchev–Trinajstić information content (AvgIpc) is 2.04. The summed E-state index contributed by atoms with van der Waals surface area (Å²) >= 11 is 0. The van der Waals surface area contributed by atoms with E-state index in [4.69, 9.17) is 5.21 Å². The zero-order valence-electron chi connectivity index (χ0n) is 9.76. The third-order valence-corrected chi connectivity index (χ3v) is 3.29. The molecule has 0 radical (unpaired) electrons. The Balaban J connectivity index is 4.78. The summed E-state index contributed by atoms with van der Waals surface area (Å²) < 4.78 is 0. The molecule has 2 heteroatoms. The van der Waals surface area contributed by atoms with Gasteiger partial charge in [-0.25, -0.2) is 0 Å². The maximum Gasteiger partial charge on any atom is 0.0657 e. The molecule has 0 aromatic rings. The largest absolute Gasteiger partial charge is 0.411 e. The predicted molar refractivity (Wildman–Crippen MR) is 57.3 cm³/mol. The van der Waals surface area contributed by atoms with Crippen LogP contribution in [-0.2, 0) is 0 Å². The molecule has 2 nitrogen and oxygen atoms in total. The first-order chi connectivity index (χ1) is 5.87. The van der Waals surface area contributed by atoms with Crippen LogP contribution in [0, 0.1) is 17.3 Å². The van der Waals surface area contributed by atoms with Crippen molar-refractivity contribution in [1.82, 2.24) is 0 Å². The Morgan fingerprint density at radius 3 is 2.00 bits per heavy atom. The van der Waals surface area contributed by atoms with Crippen LogP contribution in [0.15, 0.2) is 5.16 Å². The molecule has 0 spiro atoms. The minimum absolute atomic E-state index is 0.00975. The molecule has 78 valence electrons. The lowest BCUT2D eigenvalue weighted by Crippen LogP contribution is -2.34. The second-order valence-electron chi connectivity index (χ2n) is 4.67. The first-order valence-electron chi connectivity index (χ1n) is 5.10. The Kier molecular flexibility index (Phi) is 4.45. The minimum Gasteiger partial charge on any atom is -0.411 e. The summed E-state index contributed by atoms with van der Waals surface area (Å²) in [5, 5.41) is 12.5. The Bertz CT molecular complexity index is 183. The van der Waals surface area contributed by atoms with Gasteiger partial charge in [-0.3, -0.25) is 0 Å². The number of hydrogen-bond donors (Lipinski definition) is 1. The Morgan fingerprint density at radius 1 is 1.31 bits per heavy atom. The van der Waals surface area contributed by atoms with Crippen LogP contribution in [0.5, 0.6) is 0 Å². The summed E-state index contributed by atoms with van der Waals surface area (Å²) in [6.07, 6.45) is 1.02. The summed E-state index contributed by atoms with van der Waals surface area (Å²) in [6, 6.07) is 0. The van der Waals surface area contributed by atoms with Gasteiger partial charge in [0.05, 0.1) is 5.71 Å². The van der Waals surface area contributed by atoms with Gasteiger partial charge in [0.1, 0.15) is 0 Å². The van der Waals surface area contributed by atoms with E-state index in [1.165, 1.54) is 0 Å². The molecule has 0 aliphatic rings. The lowest BCUT2D eigenvalue weighted by molar-refractivity contribution is 0.282. The van der Waals surface area contributed by atoms with Crippen LogP contribution in [0.1, 0.15) is 48.0 Å². The van der Waals surface area contributed by atoms with E-state index in [9.17, 15) is 0 Å². The van der Waals surface area contributed by atoms with Crippen LogP contribution >= 0.6 is 0 Å². The van der Waals surface area contributed by atoms with Crippen molar-refractivity contribution in [1.29, 1.82) is 0 Å². The zero-order valence-corrected chi connectivity index (χ0v) is 9.76. The van der Waals surface area contributed by atoms with E-state index in [2.05, 4.69) is 46.7 Å². The molecule has 0 aromatic heterocycles. The third kappa shape index (κ3) is 2.71. The molecular formula is C11H23NO. The fourth-order valence-electron chi connectivity index (χ4n) is 1.35. The van der Waals surface area contributed by atoms with E-state index in [0.29, 0.717) is 11.8 Å². The summed E-state index contributed by atoms with van der Waals surface area (Å²) in [6.45, 7) is 12.8. The van der Waals surface area contributed by atoms with E-state index in [-0.39, 0.29) is 5.41 Å². The fourth-order valence-corrected chi connectivity index (χ4v) is 1.35. The molecule has 1 atom stereocenters. The molecule has 0 bridgehead atoms. The van der Waals surface area contributed by atoms with E-state index < -0.39 is 0 Å². The average molecular weight is 185 g/mol. The quantitative estimate of drug-likeness (QED) is 0.405. The standard InChI is InChI=1S/C11H23NO/c1-7-9(4)10(12-13)11(5,6)8(2)3/h8-9,13H,7H2,1-6H3/b12-10+. The van der Waals surface area contributed by atoms with E-state index in [1.54, 1.807) is 0 Å². The maximum atomic E-state index is 9.00. The van der Waals surface area contributed by atoms with Gasteiger partial charge >= 0.3 is 0 Å². The van der Waals surface area contributed by atoms with Crippen LogP contribution in [0.4, 0.5) is 0 Å². The van der Waals surface area contributed by atoms with Gasteiger partial charge in [0.25, 0.3) is 0 Å². The number of oxime groups is 1. The maximum absolute atomic E-state index is 9.00. The molecule has 1 unspecified atom stereocenters. The Labute approximate surface area is 82.0 Å². The molecule has 0 aliphatic carbocycles. The molecule has 0 aliphatic heterocycles. The van der Waals surface area contributed by atoms with Crippen LogP contribution in [-0.4, -0.2) is 10.9 Å². The van der Waals surface area contributed by atoms with Crippen molar-refractivity contribution < 1.29 is 5.21 Å². The number of nitrogens with zero attached hydrogens (tertiary/aromatic N) is 1. The van der Waals surface area contributed by atoms with Gasteiger partial charge in [0.15, 0.2) is 0 Å². The number of hydrogen-bond acceptors (Lipinski definition) is 2. The molecule has 0 rings (SSSR count). The highest BCUT2D eigenvalue weighted by Crippen LogP contribution is 2.32. The van der Waals surface area contributed by atoms with Crippen molar-refractivity contribution >= 4 is 5.71 Å². The SMILES string of the molecule is CCC(C)/C(=N\O)C(C)(C)C(C)C. The fraction of sp³-hybridized carbons (Fsp3) is 0.909. The second kappa shape index (κ2) is 4.64. The van der Waals surface area contributed by atoms with Gasteiger partial charge < -0.3 is 5.21 Å². The first kappa shape index (κ1) is 12.5. The van der Waals surface area contributed by atoms with Gasteiger partial charge in [0, 0.05) is 5.41 Å². The zero-order chi connectivity index (χ0) is 10.6. The summed E-state index contributed by atoms with van der Waals surface area (Å²) in [4.78, 5) is 0. The predicted octanol–water partition coefficient (Wildman–Crippen LogP) is 3.54. The van der Waals surface area contributed by atoms with Crippen molar-refractivity contribution in [2.24, 2.45) is 22.4 Å². The van der Waals surface area contributed by atoms with Crippen LogP contribution in [0.3, 0.4) is 0 Å². The van der Waals surface area contributed by atoms with Crippen LogP contribution < -0.4 is 0 Å². The molecule has 0 amide bonds. The van der Waals surface area contributed by atoms with Crippen molar-refractivity contribution in [3.8, 4) is 0 Å². The van der Waals surface area contributed by atoms with Crippen molar-refractivity contribution in [2.45, 2.75) is 48.0 Å². The minimum atomic E-state index is -0.00975. The van der Waals surface area contributed by atoms with Crippen LogP contribution in [0.2, 0.25) is 0 Å². The highest BCUT2D eigenvalue weighted by molar-refractivity contribution is 5.91. The summed E-state index contributed by atoms with van der Waals surface area (Å²) in [5.74, 6) is 0.856. The molecule has 0 saturated heterocycles. The van der Waals surface area contributed by atoms with Crippen molar-refractivity contribution in [3.63, 3.8) is 0 Å². The normalized spacial score (nSPS) is 16.4. The first-order valence-corrected chi connectivity index (χ1v) is 5.10. The van der Waals surface area contributed by atoms with Crippen molar-refractivity contribution in [3.05, 3.63) is 0 Å². The molecule has 13 heavy (non-hydrogen) atoms. The Morgan fingerprint density at radius 2 is 1.77 bits per heavy atom. The van der Waals surface area contributed by atoms with Gasteiger partial charge in [-0.15, -0.1) is 0 Å². The molecule has 0 aromatic carbocycles. The van der Waals surface area contributed by atoms with Gasteiger partial charge in [0.2, 0.25) is 0 Å². The molecular weight excluding hydrogens is 162 g/mol. The molecule has 1 N–H and O–H groups in total. The highest BCUT2D eigenvalue weighted by Gasteiger charge is 2.32. The molecule has 0 fully saturated rings. The van der Waals surface area contributed by atoms with E-state index in [0.717, 1.165) is 12.1 Å². The van der Waals surface area contributed by atoms with E-state index >= 15 is 0 Å². The number of rotatable bonds is 4. The monoisotopic (exact) mass is 185 g/mol. The highest BCUT2D eigenvalue weighted by atomic mass is 16.4. The lowest BCUT2D eigenvalue weighted by Gasteiger charge is -2.32. The lowest BCUT2D eigenvalue weighted by atomic mass is 9.72. The molecule has 0 heterocycles. The summed E-state index contributed by atoms with van der Waals surface area (Å²) in [5.41, 5.74) is 0.912. The third-order valence-electron chi connectivity index (χ3n) is 3.29. The van der Waals surface area contributed by atoms with Crippen LogP contribution in [0.25, 0.3) is 0 Å².